The Kier molecular flexibility index (Phi) is 3.62. The first-order valence-corrected chi connectivity index (χ1v) is 10.6. The van der Waals surface area contributed by atoms with Gasteiger partial charge in [0, 0.05) is 11.8 Å². The monoisotopic (exact) mass is 494 g/mol. The van der Waals surface area contributed by atoms with E-state index in [-0.39, 0.29) is 23.7 Å². The number of hydrogen-bond donors (Lipinski definition) is 0. The molecule has 7 rings (SSSR count). The highest BCUT2D eigenvalue weighted by molar-refractivity contribution is 14.1. The van der Waals surface area contributed by atoms with Gasteiger partial charge in [0.05, 0.1) is 18.1 Å². The number of furan rings is 1. The molecule has 4 aliphatic rings. The van der Waals surface area contributed by atoms with Gasteiger partial charge in [0.2, 0.25) is 0 Å². The topological polar surface area (TPSA) is 62.9 Å². The molecule has 2 amide bonds. The first-order valence-electron chi connectivity index (χ1n) is 9.50. The third kappa shape index (κ3) is 2.29. The van der Waals surface area contributed by atoms with Crippen LogP contribution in [0.1, 0.15) is 39.8 Å². The highest BCUT2D eigenvalue weighted by Crippen LogP contribution is 2.60. The largest absolute Gasteiger partial charge is 0.449 e. The fraction of sp³-hybridized carbons (Fsp3) is 0.174. The Labute approximate surface area is 180 Å². The van der Waals surface area contributed by atoms with E-state index in [1.54, 1.807) is 6.07 Å². The second kappa shape index (κ2) is 6.13. The van der Waals surface area contributed by atoms with Crippen LogP contribution in [0.3, 0.4) is 0 Å². The molecule has 29 heavy (non-hydrogen) atoms. The smallest absolute Gasteiger partial charge is 0.254 e. The third-order valence-corrected chi connectivity index (χ3v) is 6.90. The minimum atomic E-state index is -0.411. The maximum atomic E-state index is 13.3. The van der Waals surface area contributed by atoms with Crippen LogP contribution < -0.4 is 0 Å². The maximum Gasteiger partial charge on any atom is 0.254 e. The minimum absolute atomic E-state index is 0.112. The Morgan fingerprint density at radius 3 is 1.69 bits per heavy atom. The van der Waals surface area contributed by atoms with Crippen molar-refractivity contribution in [3.05, 3.63) is 92.4 Å². The van der Waals surface area contributed by atoms with Crippen molar-refractivity contribution < 1.29 is 14.0 Å². The summed E-state index contributed by atoms with van der Waals surface area (Å²) in [6.45, 7) is 0. The maximum absolute atomic E-state index is 13.3. The van der Waals surface area contributed by atoms with Crippen molar-refractivity contribution >= 4 is 40.6 Å². The van der Waals surface area contributed by atoms with Gasteiger partial charge < -0.3 is 4.42 Å². The molecule has 2 aromatic carbocycles. The van der Waals surface area contributed by atoms with Crippen molar-refractivity contribution in [2.24, 2.45) is 16.9 Å². The van der Waals surface area contributed by atoms with E-state index < -0.39 is 11.8 Å². The number of amides is 2. The molecule has 1 saturated heterocycles. The van der Waals surface area contributed by atoms with Gasteiger partial charge in [-0.15, -0.1) is 0 Å². The number of rotatable bonds is 2. The number of hydrogen-bond acceptors (Lipinski definition) is 4. The SMILES string of the molecule is O=C1[C@H]2C3c4ccccc4C(c4ccccc43)[C@@H]2C(=O)N1/N=C\c1ccc(I)o1. The normalized spacial score (nSPS) is 26.7. The third-order valence-electron chi connectivity index (χ3n) is 6.32. The van der Waals surface area contributed by atoms with Gasteiger partial charge >= 0.3 is 0 Å². The van der Waals surface area contributed by atoms with E-state index in [9.17, 15) is 9.59 Å². The molecule has 0 unspecified atom stereocenters. The molecule has 3 aromatic rings. The lowest BCUT2D eigenvalue weighted by molar-refractivity contribution is -0.139. The summed E-state index contributed by atoms with van der Waals surface area (Å²) in [6.07, 6.45) is 1.44. The summed E-state index contributed by atoms with van der Waals surface area (Å²) in [5, 5.41) is 5.29. The van der Waals surface area contributed by atoms with Crippen LogP contribution in [0.5, 0.6) is 0 Å². The van der Waals surface area contributed by atoms with E-state index in [0.717, 1.165) is 31.0 Å². The quantitative estimate of drug-likeness (QED) is 0.306. The zero-order valence-corrected chi connectivity index (χ0v) is 17.3. The number of carbonyl (C=O) groups is 2. The molecule has 5 nitrogen and oxygen atoms in total. The summed E-state index contributed by atoms with van der Waals surface area (Å²) in [5.41, 5.74) is 4.63. The molecule has 1 aliphatic heterocycles. The van der Waals surface area contributed by atoms with Gasteiger partial charge in [0.1, 0.15) is 5.76 Å². The predicted molar refractivity (Wildman–Crippen MR) is 114 cm³/mol. The van der Waals surface area contributed by atoms with Gasteiger partial charge in [0.15, 0.2) is 3.77 Å². The van der Waals surface area contributed by atoms with Crippen molar-refractivity contribution in [3.8, 4) is 0 Å². The fourth-order valence-electron chi connectivity index (χ4n) is 5.29. The summed E-state index contributed by atoms with van der Waals surface area (Å²) >= 11 is 2.06. The number of imide groups is 1. The van der Waals surface area contributed by atoms with Crippen molar-refractivity contribution in [1.29, 1.82) is 0 Å². The number of benzene rings is 2. The first kappa shape index (κ1) is 17.1. The highest BCUT2D eigenvalue weighted by Gasteiger charge is 2.61. The van der Waals surface area contributed by atoms with Gasteiger partial charge in [-0.25, -0.2) is 0 Å². The zero-order chi connectivity index (χ0) is 19.7. The van der Waals surface area contributed by atoms with Crippen LogP contribution in [-0.4, -0.2) is 23.0 Å². The van der Waals surface area contributed by atoms with E-state index in [2.05, 4.69) is 52.0 Å². The molecule has 6 heteroatoms. The summed E-state index contributed by atoms with van der Waals surface area (Å²) in [6, 6.07) is 20.0. The van der Waals surface area contributed by atoms with Gasteiger partial charge in [-0.1, -0.05) is 48.5 Å². The van der Waals surface area contributed by atoms with Crippen LogP contribution in [0.25, 0.3) is 0 Å². The van der Waals surface area contributed by atoms with E-state index in [4.69, 9.17) is 4.42 Å². The van der Waals surface area contributed by atoms with Crippen molar-refractivity contribution in [2.75, 3.05) is 0 Å². The van der Waals surface area contributed by atoms with Gasteiger partial charge in [-0.3, -0.25) is 9.59 Å². The van der Waals surface area contributed by atoms with Crippen LogP contribution in [-0.2, 0) is 9.59 Å². The molecule has 2 heterocycles. The lowest BCUT2D eigenvalue weighted by Crippen LogP contribution is -2.41. The van der Waals surface area contributed by atoms with Crippen LogP contribution in [0.15, 0.2) is 70.2 Å². The molecule has 0 saturated carbocycles. The molecule has 0 radical (unpaired) electrons. The Morgan fingerprint density at radius 2 is 1.28 bits per heavy atom. The molecule has 3 aliphatic carbocycles. The van der Waals surface area contributed by atoms with E-state index in [1.807, 2.05) is 30.3 Å². The Hall–Kier alpha value is -2.74. The fourth-order valence-corrected chi connectivity index (χ4v) is 5.72. The number of halogens is 1. The van der Waals surface area contributed by atoms with Gasteiger partial charge in [0.25, 0.3) is 11.8 Å². The van der Waals surface area contributed by atoms with Crippen LogP contribution in [0.4, 0.5) is 0 Å². The number of hydrazone groups is 1. The molecular formula is C23H15IN2O3. The van der Waals surface area contributed by atoms with Crippen LogP contribution in [0, 0.1) is 15.6 Å². The number of nitrogens with zero attached hydrogens (tertiary/aromatic N) is 2. The van der Waals surface area contributed by atoms with E-state index in [0.29, 0.717) is 5.76 Å². The molecule has 0 spiro atoms. The Bertz CT molecular complexity index is 1100. The van der Waals surface area contributed by atoms with Crippen LogP contribution in [0.2, 0.25) is 0 Å². The first-order chi connectivity index (χ1) is 14.1. The molecule has 0 N–H and O–H groups in total. The molecule has 2 atom stereocenters. The number of carbonyl (C=O) groups excluding carboxylic acids is 2. The summed E-state index contributed by atoms with van der Waals surface area (Å²) in [5.74, 6) is -0.984. The predicted octanol–water partition coefficient (Wildman–Crippen LogP) is 4.11. The Balaban J connectivity index is 1.47. The van der Waals surface area contributed by atoms with Crippen molar-refractivity contribution in [3.63, 3.8) is 0 Å². The standard InChI is InChI=1S/C23H15IN2O3/c24-17-10-9-12(29-17)11-25-26-22(27)20-18-13-5-1-2-6-14(13)19(21(20)23(26)28)16-8-4-3-7-15(16)18/h1-11,18-21H/b25-11-/t18?,19?,20-,21-/m0/s1. The zero-order valence-electron chi connectivity index (χ0n) is 15.2. The molecule has 1 aromatic heterocycles. The summed E-state index contributed by atoms with van der Waals surface area (Å²) in [7, 11) is 0. The van der Waals surface area contributed by atoms with E-state index in [1.165, 1.54) is 6.21 Å². The van der Waals surface area contributed by atoms with E-state index >= 15 is 0 Å². The van der Waals surface area contributed by atoms with Gasteiger partial charge in [-0.05, 0) is 57.0 Å². The molecule has 142 valence electrons. The summed E-state index contributed by atoms with van der Waals surface area (Å²) < 4.78 is 6.20. The average Bonchev–Trinajstić information content (AvgIpc) is 3.28. The summed E-state index contributed by atoms with van der Waals surface area (Å²) in [4.78, 5) is 26.7. The minimum Gasteiger partial charge on any atom is -0.449 e. The van der Waals surface area contributed by atoms with Crippen LogP contribution >= 0.6 is 22.6 Å². The second-order valence-electron chi connectivity index (χ2n) is 7.64. The lowest BCUT2D eigenvalue weighted by Gasteiger charge is -2.45. The Morgan fingerprint density at radius 1 is 0.793 bits per heavy atom. The van der Waals surface area contributed by atoms with Gasteiger partial charge in [-0.2, -0.15) is 10.1 Å². The van der Waals surface area contributed by atoms with Crippen molar-refractivity contribution in [2.45, 2.75) is 11.8 Å². The highest BCUT2D eigenvalue weighted by atomic mass is 127. The molecule has 2 bridgehead atoms. The second-order valence-corrected chi connectivity index (χ2v) is 8.70. The molecular weight excluding hydrogens is 479 g/mol. The average molecular weight is 494 g/mol. The lowest BCUT2D eigenvalue weighted by atomic mass is 9.55. The van der Waals surface area contributed by atoms with Crippen molar-refractivity contribution in [1.82, 2.24) is 5.01 Å². The molecule has 1 fully saturated rings.